The van der Waals surface area contributed by atoms with Crippen LogP contribution in [-0.2, 0) is 0 Å². The van der Waals surface area contributed by atoms with Gasteiger partial charge in [-0.1, -0.05) is 42.5 Å². The Kier molecular flexibility index (Phi) is 3.23. The van der Waals surface area contributed by atoms with Gasteiger partial charge in [0.05, 0.1) is 6.04 Å². The molecule has 3 rings (SSSR count). The number of aromatic nitrogens is 1. The Labute approximate surface area is 112 Å². The van der Waals surface area contributed by atoms with Gasteiger partial charge in [-0.25, -0.2) is 5.43 Å². The number of nitrogens with one attached hydrogen (secondary N) is 1. The third-order valence-electron chi connectivity index (χ3n) is 3.34. The number of fused-ring (bicyclic) bond motifs is 1. The highest BCUT2D eigenvalue weighted by atomic mass is 15.2. The Bertz CT molecular complexity index is 674. The summed E-state index contributed by atoms with van der Waals surface area (Å²) in [4.78, 5) is 4.05. The van der Waals surface area contributed by atoms with Gasteiger partial charge in [-0.05, 0) is 34.0 Å². The van der Waals surface area contributed by atoms with Crippen LogP contribution in [0.15, 0.2) is 67.0 Å². The smallest absolute Gasteiger partial charge is 0.0717 e. The van der Waals surface area contributed by atoms with Crippen molar-refractivity contribution >= 4 is 10.8 Å². The van der Waals surface area contributed by atoms with Gasteiger partial charge in [-0.15, -0.1) is 0 Å². The molecule has 19 heavy (non-hydrogen) atoms. The molecular weight excluding hydrogens is 234 g/mol. The number of rotatable bonds is 3. The van der Waals surface area contributed by atoms with Gasteiger partial charge in [-0.3, -0.25) is 10.8 Å². The molecule has 0 spiro atoms. The van der Waals surface area contributed by atoms with Gasteiger partial charge in [0.2, 0.25) is 0 Å². The quantitative estimate of drug-likeness (QED) is 0.554. The topological polar surface area (TPSA) is 50.9 Å². The molecule has 0 bridgehead atoms. The van der Waals surface area contributed by atoms with Crippen molar-refractivity contribution in [2.75, 3.05) is 0 Å². The normalized spacial score (nSPS) is 12.5. The molecule has 0 aliphatic heterocycles. The third kappa shape index (κ3) is 2.21. The Morgan fingerprint density at radius 3 is 2.42 bits per heavy atom. The molecular formula is C16H15N3. The lowest BCUT2D eigenvalue weighted by Crippen LogP contribution is -2.29. The highest BCUT2D eigenvalue weighted by molar-refractivity contribution is 5.86. The summed E-state index contributed by atoms with van der Waals surface area (Å²) < 4.78 is 0. The van der Waals surface area contributed by atoms with E-state index >= 15 is 0 Å². The average Bonchev–Trinajstić information content (AvgIpc) is 2.49. The van der Waals surface area contributed by atoms with Crippen LogP contribution in [0.2, 0.25) is 0 Å². The maximum Gasteiger partial charge on any atom is 0.0717 e. The number of benzene rings is 2. The summed E-state index contributed by atoms with van der Waals surface area (Å²) in [6.07, 6.45) is 3.57. The van der Waals surface area contributed by atoms with Crippen LogP contribution in [0.1, 0.15) is 17.2 Å². The fourth-order valence-electron chi connectivity index (χ4n) is 2.42. The van der Waals surface area contributed by atoms with Gasteiger partial charge in [0.25, 0.3) is 0 Å². The standard InChI is InChI=1S/C16H15N3/c17-19-16(13-8-10-18-11-9-13)15-7-3-5-12-4-1-2-6-14(12)15/h1-11,16,19H,17H2. The predicted molar refractivity (Wildman–Crippen MR) is 77.4 cm³/mol. The SMILES string of the molecule is NNC(c1ccncc1)c1cccc2ccccc12. The Balaban J connectivity index is 2.17. The van der Waals surface area contributed by atoms with Crippen molar-refractivity contribution in [3.8, 4) is 0 Å². The van der Waals surface area contributed by atoms with Gasteiger partial charge >= 0.3 is 0 Å². The second kappa shape index (κ2) is 5.18. The van der Waals surface area contributed by atoms with Crippen LogP contribution in [0.25, 0.3) is 10.8 Å². The van der Waals surface area contributed by atoms with Crippen LogP contribution in [0.3, 0.4) is 0 Å². The van der Waals surface area contributed by atoms with Crippen molar-refractivity contribution in [1.82, 2.24) is 10.4 Å². The summed E-state index contributed by atoms with van der Waals surface area (Å²) in [6.45, 7) is 0. The molecule has 0 saturated heterocycles. The minimum absolute atomic E-state index is 0.0332. The zero-order valence-electron chi connectivity index (χ0n) is 10.5. The van der Waals surface area contributed by atoms with Gasteiger partial charge in [0.15, 0.2) is 0 Å². The average molecular weight is 249 g/mol. The largest absolute Gasteiger partial charge is 0.271 e. The third-order valence-corrected chi connectivity index (χ3v) is 3.34. The van der Waals surface area contributed by atoms with Crippen molar-refractivity contribution in [3.63, 3.8) is 0 Å². The first-order valence-corrected chi connectivity index (χ1v) is 6.24. The summed E-state index contributed by atoms with van der Waals surface area (Å²) in [5.74, 6) is 5.76. The molecule has 3 aromatic rings. The van der Waals surface area contributed by atoms with Gasteiger partial charge in [0.1, 0.15) is 0 Å². The lowest BCUT2D eigenvalue weighted by atomic mass is 9.95. The van der Waals surface area contributed by atoms with Gasteiger partial charge in [0, 0.05) is 12.4 Å². The molecule has 0 amide bonds. The van der Waals surface area contributed by atoms with E-state index in [1.165, 1.54) is 16.3 Å². The molecule has 1 unspecified atom stereocenters. The molecule has 2 aromatic carbocycles. The van der Waals surface area contributed by atoms with Crippen LogP contribution >= 0.6 is 0 Å². The van der Waals surface area contributed by atoms with E-state index in [4.69, 9.17) is 5.84 Å². The predicted octanol–water partition coefficient (Wildman–Crippen LogP) is 2.79. The first-order valence-electron chi connectivity index (χ1n) is 6.24. The number of hydrazine groups is 1. The van der Waals surface area contributed by atoms with E-state index in [0.29, 0.717) is 0 Å². The molecule has 1 heterocycles. The first kappa shape index (κ1) is 11.8. The second-order valence-corrected chi connectivity index (χ2v) is 4.45. The highest BCUT2D eigenvalue weighted by Crippen LogP contribution is 2.28. The lowest BCUT2D eigenvalue weighted by Gasteiger charge is -2.18. The fourth-order valence-corrected chi connectivity index (χ4v) is 2.42. The summed E-state index contributed by atoms with van der Waals surface area (Å²) >= 11 is 0. The first-order chi connectivity index (χ1) is 9.40. The second-order valence-electron chi connectivity index (χ2n) is 4.45. The van der Waals surface area contributed by atoms with E-state index in [9.17, 15) is 0 Å². The molecule has 1 atom stereocenters. The van der Waals surface area contributed by atoms with Gasteiger partial charge < -0.3 is 0 Å². The van der Waals surface area contributed by atoms with E-state index in [2.05, 4.69) is 40.7 Å². The number of nitrogens with two attached hydrogens (primary N) is 1. The molecule has 3 nitrogen and oxygen atoms in total. The zero-order chi connectivity index (χ0) is 13.1. The van der Waals surface area contributed by atoms with Crippen molar-refractivity contribution in [3.05, 3.63) is 78.1 Å². The molecule has 3 N–H and O–H groups in total. The van der Waals surface area contributed by atoms with Crippen LogP contribution in [0.5, 0.6) is 0 Å². The van der Waals surface area contributed by atoms with Crippen LogP contribution < -0.4 is 11.3 Å². The number of nitrogens with zero attached hydrogens (tertiary/aromatic N) is 1. The minimum atomic E-state index is -0.0332. The van der Waals surface area contributed by atoms with Crippen molar-refractivity contribution in [2.24, 2.45) is 5.84 Å². The van der Waals surface area contributed by atoms with Crippen LogP contribution in [-0.4, -0.2) is 4.98 Å². The van der Waals surface area contributed by atoms with E-state index in [0.717, 1.165) is 5.56 Å². The molecule has 94 valence electrons. The summed E-state index contributed by atoms with van der Waals surface area (Å²) in [7, 11) is 0. The Hall–Kier alpha value is -2.23. The van der Waals surface area contributed by atoms with Crippen molar-refractivity contribution in [1.29, 1.82) is 0 Å². The Morgan fingerprint density at radius 2 is 1.63 bits per heavy atom. The van der Waals surface area contributed by atoms with Crippen LogP contribution in [0.4, 0.5) is 0 Å². The van der Waals surface area contributed by atoms with E-state index < -0.39 is 0 Å². The maximum absolute atomic E-state index is 5.76. The van der Waals surface area contributed by atoms with Crippen molar-refractivity contribution < 1.29 is 0 Å². The highest BCUT2D eigenvalue weighted by Gasteiger charge is 2.14. The van der Waals surface area contributed by atoms with Gasteiger partial charge in [-0.2, -0.15) is 0 Å². The van der Waals surface area contributed by atoms with E-state index in [1.807, 2.05) is 24.3 Å². The minimum Gasteiger partial charge on any atom is -0.271 e. The Morgan fingerprint density at radius 1 is 0.895 bits per heavy atom. The molecule has 0 radical (unpaired) electrons. The molecule has 0 aliphatic rings. The summed E-state index contributed by atoms with van der Waals surface area (Å²) in [6, 6.07) is 18.5. The summed E-state index contributed by atoms with van der Waals surface area (Å²) in [5, 5.41) is 2.43. The maximum atomic E-state index is 5.76. The number of hydrogen-bond donors (Lipinski definition) is 2. The van der Waals surface area contributed by atoms with Crippen LogP contribution in [0, 0.1) is 0 Å². The molecule has 0 aliphatic carbocycles. The zero-order valence-corrected chi connectivity index (χ0v) is 10.5. The van der Waals surface area contributed by atoms with E-state index in [-0.39, 0.29) is 6.04 Å². The molecule has 0 saturated carbocycles. The molecule has 1 aromatic heterocycles. The lowest BCUT2D eigenvalue weighted by molar-refractivity contribution is 0.640. The fraction of sp³-hybridized carbons (Fsp3) is 0.0625. The number of hydrogen-bond acceptors (Lipinski definition) is 3. The molecule has 0 fully saturated rings. The molecule has 3 heteroatoms. The van der Waals surface area contributed by atoms with Crippen molar-refractivity contribution in [2.45, 2.75) is 6.04 Å². The summed E-state index contributed by atoms with van der Waals surface area (Å²) in [5.41, 5.74) is 5.18. The monoisotopic (exact) mass is 249 g/mol. The number of pyridine rings is 1. The van der Waals surface area contributed by atoms with E-state index in [1.54, 1.807) is 12.4 Å².